The van der Waals surface area contributed by atoms with Crippen LogP contribution in [0.5, 0.6) is 0 Å². The lowest BCUT2D eigenvalue weighted by molar-refractivity contribution is 0.768. The SMILES string of the molecule is [2H]c1c([2H])c(N(c2ccc(-c3ccc4c(ccc5ccccc54)c3)cc2)c2ccc3c(c2)C(c2ccccc2)(c2ccccc2)c2ccccc2-3)c([2H])c([2H])c1-c1cccc(-c2cccc3ccccc23)c1. The largest absolute Gasteiger partial charge is 0.310 e. The van der Waals surface area contributed by atoms with E-state index in [9.17, 15) is 5.48 Å². The Morgan fingerprint density at radius 2 is 0.824 bits per heavy atom. The minimum atomic E-state index is -0.699. The fraction of sp³-hybridized carbons (Fsp3) is 0.0149. The molecule has 0 radical (unpaired) electrons. The highest BCUT2D eigenvalue weighted by Gasteiger charge is 2.46. The Kier molecular flexibility index (Phi) is 8.49. The van der Waals surface area contributed by atoms with E-state index >= 15 is 0 Å². The molecule has 1 aliphatic carbocycles. The second-order valence-electron chi connectivity index (χ2n) is 17.7. The molecule has 0 fully saturated rings. The molecule has 0 atom stereocenters. The Morgan fingerprint density at radius 3 is 1.60 bits per heavy atom. The van der Waals surface area contributed by atoms with Gasteiger partial charge in [-0.15, -0.1) is 0 Å². The van der Waals surface area contributed by atoms with Gasteiger partial charge in [0.25, 0.3) is 0 Å². The first-order valence-corrected chi connectivity index (χ1v) is 23.2. The van der Waals surface area contributed by atoms with E-state index in [0.29, 0.717) is 11.3 Å². The van der Waals surface area contributed by atoms with Gasteiger partial charge < -0.3 is 4.90 Å². The van der Waals surface area contributed by atoms with Crippen LogP contribution in [-0.2, 0) is 5.41 Å². The molecule has 318 valence electrons. The van der Waals surface area contributed by atoms with E-state index in [1.54, 1.807) is 0 Å². The molecule has 13 rings (SSSR count). The molecule has 12 aromatic rings. The topological polar surface area (TPSA) is 3.24 Å². The minimum Gasteiger partial charge on any atom is -0.310 e. The van der Waals surface area contributed by atoms with Crippen LogP contribution in [0, 0.1) is 0 Å². The lowest BCUT2D eigenvalue weighted by atomic mass is 9.67. The number of nitrogens with zero attached hydrogens (tertiary/aromatic N) is 1. The van der Waals surface area contributed by atoms with Crippen molar-refractivity contribution in [3.8, 4) is 44.5 Å². The van der Waals surface area contributed by atoms with E-state index in [0.717, 1.165) is 71.9 Å². The molecular formula is C67H45N. The standard InChI is InChI=1S/C67H45N/c1-3-20-54(21-4-1)67(55-22-5-2-6-23-55)65-28-12-11-26-63(65)64-42-40-58(45-66(64)67)68(57-38-33-47(34-39-57)51-35-41-62-53(44-51)30-29-49-16-8-10-25-60(49)62)56-36-31-46(32-37-56)50-18-13-19-52(43-50)61-27-14-17-48-15-7-9-24-59(48)61/h1-45H/i31D,32D,36D,37D. The molecule has 68 heavy (non-hydrogen) atoms. The summed E-state index contributed by atoms with van der Waals surface area (Å²) in [6, 6.07) is 85.9. The fourth-order valence-corrected chi connectivity index (χ4v) is 10.9. The zero-order chi connectivity index (χ0) is 48.5. The van der Waals surface area contributed by atoms with Crippen molar-refractivity contribution in [3.05, 3.63) is 295 Å². The van der Waals surface area contributed by atoms with Crippen LogP contribution in [0.2, 0.25) is 0 Å². The zero-order valence-corrected chi connectivity index (χ0v) is 37.1. The van der Waals surface area contributed by atoms with Crippen LogP contribution in [0.15, 0.2) is 273 Å². The van der Waals surface area contributed by atoms with Gasteiger partial charge in [0, 0.05) is 17.1 Å². The molecule has 1 nitrogen and oxygen atoms in total. The minimum absolute atomic E-state index is 0.108. The number of benzene rings is 12. The van der Waals surface area contributed by atoms with Gasteiger partial charge in [0.05, 0.1) is 10.9 Å². The molecule has 12 aromatic carbocycles. The van der Waals surface area contributed by atoms with Gasteiger partial charge in [-0.2, -0.15) is 0 Å². The van der Waals surface area contributed by atoms with Crippen LogP contribution >= 0.6 is 0 Å². The van der Waals surface area contributed by atoms with Gasteiger partial charge in [0.1, 0.15) is 0 Å². The molecule has 0 unspecified atom stereocenters. The molecule has 0 bridgehead atoms. The predicted octanol–water partition coefficient (Wildman–Crippen LogP) is 18.0. The molecule has 0 spiro atoms. The summed E-state index contributed by atoms with van der Waals surface area (Å²) in [5.41, 5.74) is 12.6. The summed E-state index contributed by atoms with van der Waals surface area (Å²) in [7, 11) is 0. The van der Waals surface area contributed by atoms with Crippen molar-refractivity contribution < 1.29 is 5.48 Å². The smallest absolute Gasteiger partial charge is 0.0714 e. The molecule has 0 saturated heterocycles. The van der Waals surface area contributed by atoms with Gasteiger partial charge in [0.2, 0.25) is 0 Å². The van der Waals surface area contributed by atoms with E-state index < -0.39 is 5.41 Å². The maximum Gasteiger partial charge on any atom is 0.0714 e. The van der Waals surface area contributed by atoms with Gasteiger partial charge in [-0.1, -0.05) is 224 Å². The number of fused-ring (bicyclic) bond motifs is 7. The Morgan fingerprint density at radius 1 is 0.279 bits per heavy atom. The normalized spacial score (nSPS) is 13.4. The van der Waals surface area contributed by atoms with Gasteiger partial charge in [-0.05, 0) is 148 Å². The maximum absolute atomic E-state index is 9.96. The van der Waals surface area contributed by atoms with E-state index in [-0.39, 0.29) is 35.4 Å². The molecule has 0 heterocycles. The predicted molar refractivity (Wildman–Crippen MR) is 287 cm³/mol. The van der Waals surface area contributed by atoms with Crippen molar-refractivity contribution in [2.45, 2.75) is 5.41 Å². The quantitative estimate of drug-likeness (QED) is 0.138. The average Bonchev–Trinajstić information content (AvgIpc) is 3.74. The highest BCUT2D eigenvalue weighted by atomic mass is 15.1. The van der Waals surface area contributed by atoms with E-state index in [2.05, 4.69) is 194 Å². The highest BCUT2D eigenvalue weighted by Crippen LogP contribution is 2.57. The van der Waals surface area contributed by atoms with Crippen molar-refractivity contribution in [1.29, 1.82) is 0 Å². The molecule has 0 saturated carbocycles. The van der Waals surface area contributed by atoms with Crippen LogP contribution in [0.25, 0.3) is 76.8 Å². The molecule has 0 aromatic heterocycles. The van der Waals surface area contributed by atoms with Gasteiger partial charge in [-0.3, -0.25) is 0 Å². The van der Waals surface area contributed by atoms with Crippen LogP contribution in [0.4, 0.5) is 17.1 Å². The van der Waals surface area contributed by atoms with Crippen LogP contribution < -0.4 is 4.90 Å². The Bertz CT molecular complexity index is 4020. The van der Waals surface area contributed by atoms with E-state index in [4.69, 9.17) is 0 Å². The second kappa shape index (κ2) is 16.3. The fourth-order valence-electron chi connectivity index (χ4n) is 10.9. The summed E-state index contributed by atoms with van der Waals surface area (Å²) < 4.78 is 39.5. The van der Waals surface area contributed by atoms with Gasteiger partial charge in [0.15, 0.2) is 0 Å². The van der Waals surface area contributed by atoms with E-state index in [1.165, 1.54) is 21.7 Å². The molecule has 0 N–H and O–H groups in total. The van der Waals surface area contributed by atoms with Gasteiger partial charge >= 0.3 is 0 Å². The summed E-state index contributed by atoms with van der Waals surface area (Å²) in [6.07, 6.45) is 0. The van der Waals surface area contributed by atoms with Crippen molar-refractivity contribution in [2.24, 2.45) is 0 Å². The van der Waals surface area contributed by atoms with Crippen molar-refractivity contribution in [1.82, 2.24) is 0 Å². The van der Waals surface area contributed by atoms with Crippen LogP contribution in [0.3, 0.4) is 0 Å². The average molecular weight is 868 g/mol. The number of hydrogen-bond donors (Lipinski definition) is 0. The maximum atomic E-state index is 9.96. The van der Waals surface area contributed by atoms with Crippen molar-refractivity contribution >= 4 is 49.4 Å². The summed E-state index contributed by atoms with van der Waals surface area (Å²) in [5.74, 6) is 0. The van der Waals surface area contributed by atoms with Crippen molar-refractivity contribution in [3.63, 3.8) is 0 Å². The molecule has 0 aliphatic heterocycles. The zero-order valence-electron chi connectivity index (χ0n) is 41.1. The first-order valence-electron chi connectivity index (χ1n) is 25.2. The first-order chi connectivity index (χ1) is 35.4. The van der Waals surface area contributed by atoms with E-state index in [1.807, 2.05) is 59.5 Å². The lowest BCUT2D eigenvalue weighted by Crippen LogP contribution is -2.28. The van der Waals surface area contributed by atoms with Gasteiger partial charge in [-0.25, -0.2) is 0 Å². The summed E-state index contributed by atoms with van der Waals surface area (Å²) in [4.78, 5) is 1.93. The van der Waals surface area contributed by atoms with Crippen molar-refractivity contribution in [2.75, 3.05) is 4.90 Å². The first kappa shape index (κ1) is 35.5. The number of rotatable bonds is 8. The number of anilines is 3. The second-order valence-corrected chi connectivity index (χ2v) is 17.7. The monoisotopic (exact) mass is 867 g/mol. The Labute approximate surface area is 403 Å². The Balaban J connectivity index is 1.01. The third kappa shape index (κ3) is 6.47. The van der Waals surface area contributed by atoms with Crippen LogP contribution in [0.1, 0.15) is 27.7 Å². The Hall–Kier alpha value is -8.78. The summed E-state index contributed by atoms with van der Waals surface area (Å²) >= 11 is 0. The lowest BCUT2D eigenvalue weighted by Gasteiger charge is -2.35. The summed E-state index contributed by atoms with van der Waals surface area (Å²) in [6.45, 7) is 0. The van der Waals surface area contributed by atoms with Crippen LogP contribution in [-0.4, -0.2) is 0 Å². The summed E-state index contributed by atoms with van der Waals surface area (Å²) in [5, 5.41) is 7.00. The molecule has 0 amide bonds. The third-order valence-electron chi connectivity index (χ3n) is 14.0. The third-order valence-corrected chi connectivity index (χ3v) is 14.0. The number of hydrogen-bond acceptors (Lipinski definition) is 1. The molecular weight excluding hydrogens is 819 g/mol. The highest BCUT2D eigenvalue weighted by molar-refractivity contribution is 6.08. The molecule has 1 aliphatic rings. The molecule has 1 heteroatoms.